The first-order valence-corrected chi connectivity index (χ1v) is 10.1. The van der Waals surface area contributed by atoms with Crippen molar-refractivity contribution in [2.75, 3.05) is 20.1 Å². The van der Waals surface area contributed by atoms with Crippen molar-refractivity contribution in [1.29, 1.82) is 0 Å². The topological polar surface area (TPSA) is 82.1 Å². The normalized spacial score (nSPS) is 18.2. The molecule has 0 saturated carbocycles. The van der Waals surface area contributed by atoms with E-state index in [1.807, 2.05) is 0 Å². The van der Waals surface area contributed by atoms with Gasteiger partial charge in [-0.3, -0.25) is 19.7 Å². The van der Waals surface area contributed by atoms with E-state index < -0.39 is 11.6 Å². The number of hydroxylamine groups is 1. The van der Waals surface area contributed by atoms with Gasteiger partial charge in [-0.15, -0.1) is 0 Å². The summed E-state index contributed by atoms with van der Waals surface area (Å²) in [6.07, 6.45) is 4.01. The molecule has 2 aromatic rings. The Kier molecular flexibility index (Phi) is 5.75. The van der Waals surface area contributed by atoms with E-state index in [0.29, 0.717) is 29.7 Å². The molecule has 8 heteroatoms. The zero-order chi connectivity index (χ0) is 22.0. The highest BCUT2D eigenvalue weighted by molar-refractivity contribution is 5.99. The predicted octanol–water partition coefficient (Wildman–Crippen LogP) is 2.80. The molecular weight excluding hydrogens is 401 g/mol. The summed E-state index contributed by atoms with van der Waals surface area (Å²) >= 11 is 0. The Morgan fingerprint density at radius 2 is 1.94 bits per heavy atom. The molecule has 0 atom stereocenters. The number of ether oxygens (including phenoxy) is 1. The SMILES string of the molecule is CN1C(=O)c2cc(/C=C/C(=O)NO)ccc2OC12CCN(Cc1ccc(F)cc1)CC2. The molecule has 2 aromatic carbocycles. The van der Waals surface area contributed by atoms with Gasteiger partial charge in [0, 0.05) is 45.6 Å². The smallest absolute Gasteiger partial charge is 0.267 e. The van der Waals surface area contributed by atoms with Crippen LogP contribution in [0.15, 0.2) is 48.5 Å². The highest BCUT2D eigenvalue weighted by Crippen LogP contribution is 2.39. The maximum atomic E-state index is 13.1. The lowest BCUT2D eigenvalue weighted by molar-refractivity contribution is -0.124. The average Bonchev–Trinajstić information content (AvgIpc) is 2.79. The van der Waals surface area contributed by atoms with Gasteiger partial charge in [-0.2, -0.15) is 0 Å². The highest BCUT2D eigenvalue weighted by Gasteiger charge is 2.46. The number of nitrogens with zero attached hydrogens (tertiary/aromatic N) is 2. The number of rotatable bonds is 4. The van der Waals surface area contributed by atoms with Crippen molar-refractivity contribution in [3.63, 3.8) is 0 Å². The third-order valence-electron chi connectivity index (χ3n) is 5.94. The lowest BCUT2D eigenvalue weighted by Crippen LogP contribution is -2.61. The first kappa shape index (κ1) is 21.0. The number of hydrogen-bond acceptors (Lipinski definition) is 5. The molecule has 2 aliphatic rings. The second kappa shape index (κ2) is 8.49. The van der Waals surface area contributed by atoms with Crippen LogP contribution in [-0.4, -0.2) is 52.7 Å². The number of likely N-dealkylation sites (tertiary alicyclic amines) is 1. The number of carbonyl (C=O) groups is 2. The molecule has 0 radical (unpaired) electrons. The molecule has 1 fully saturated rings. The number of halogens is 1. The van der Waals surface area contributed by atoms with Gasteiger partial charge in [0.25, 0.3) is 11.8 Å². The van der Waals surface area contributed by atoms with Crippen molar-refractivity contribution in [3.05, 3.63) is 71.0 Å². The molecule has 0 unspecified atom stereocenters. The largest absolute Gasteiger partial charge is 0.467 e. The Morgan fingerprint density at radius 3 is 2.61 bits per heavy atom. The van der Waals surface area contributed by atoms with Crippen molar-refractivity contribution in [2.45, 2.75) is 25.1 Å². The number of hydrogen-bond donors (Lipinski definition) is 2. The summed E-state index contributed by atoms with van der Waals surface area (Å²) in [7, 11) is 1.75. The molecule has 7 nitrogen and oxygen atoms in total. The van der Waals surface area contributed by atoms with Crippen molar-refractivity contribution < 1.29 is 23.9 Å². The van der Waals surface area contributed by atoms with Crippen LogP contribution >= 0.6 is 0 Å². The lowest BCUT2D eigenvalue weighted by atomic mass is 9.94. The third kappa shape index (κ3) is 4.30. The van der Waals surface area contributed by atoms with Crippen LogP contribution in [0.3, 0.4) is 0 Å². The lowest BCUT2D eigenvalue weighted by Gasteiger charge is -2.49. The summed E-state index contributed by atoms with van der Waals surface area (Å²) in [5, 5.41) is 8.58. The maximum Gasteiger partial charge on any atom is 0.267 e. The summed E-state index contributed by atoms with van der Waals surface area (Å²) in [5.74, 6) is -0.497. The van der Waals surface area contributed by atoms with Gasteiger partial charge in [0.05, 0.1) is 5.56 Å². The van der Waals surface area contributed by atoms with Gasteiger partial charge in [0.1, 0.15) is 11.6 Å². The van der Waals surface area contributed by atoms with Gasteiger partial charge >= 0.3 is 0 Å². The number of fused-ring (bicyclic) bond motifs is 1. The van der Waals surface area contributed by atoms with Crippen LogP contribution in [0.4, 0.5) is 4.39 Å². The molecule has 2 N–H and O–H groups in total. The van der Waals surface area contributed by atoms with E-state index in [0.717, 1.165) is 25.2 Å². The first-order valence-electron chi connectivity index (χ1n) is 10.1. The van der Waals surface area contributed by atoms with Crippen LogP contribution < -0.4 is 10.2 Å². The summed E-state index contributed by atoms with van der Waals surface area (Å²) in [5.41, 5.74) is 2.97. The Morgan fingerprint density at radius 1 is 1.23 bits per heavy atom. The fourth-order valence-electron chi connectivity index (χ4n) is 4.10. The maximum absolute atomic E-state index is 13.1. The monoisotopic (exact) mass is 425 g/mol. The van der Waals surface area contributed by atoms with E-state index in [4.69, 9.17) is 9.94 Å². The van der Waals surface area contributed by atoms with Crippen molar-refractivity contribution in [2.24, 2.45) is 0 Å². The molecule has 0 bridgehead atoms. The fourth-order valence-corrected chi connectivity index (χ4v) is 4.10. The number of benzene rings is 2. The van der Waals surface area contributed by atoms with E-state index in [2.05, 4.69) is 4.90 Å². The minimum absolute atomic E-state index is 0.130. The Bertz CT molecular complexity index is 1010. The highest BCUT2D eigenvalue weighted by atomic mass is 19.1. The molecule has 2 aliphatic heterocycles. The van der Waals surface area contributed by atoms with Crippen molar-refractivity contribution in [1.82, 2.24) is 15.3 Å². The van der Waals surface area contributed by atoms with E-state index >= 15 is 0 Å². The predicted molar refractivity (Wildman–Crippen MR) is 112 cm³/mol. The zero-order valence-corrected chi connectivity index (χ0v) is 17.2. The minimum Gasteiger partial charge on any atom is -0.467 e. The molecule has 0 aromatic heterocycles. The zero-order valence-electron chi connectivity index (χ0n) is 17.2. The van der Waals surface area contributed by atoms with Crippen LogP contribution in [0.25, 0.3) is 6.08 Å². The van der Waals surface area contributed by atoms with Crippen LogP contribution in [0, 0.1) is 5.82 Å². The summed E-state index contributed by atoms with van der Waals surface area (Å²) in [6.45, 7) is 2.23. The second-order valence-electron chi connectivity index (χ2n) is 7.88. The number of amides is 2. The van der Waals surface area contributed by atoms with Gasteiger partial charge in [-0.05, 0) is 41.5 Å². The number of piperidine rings is 1. The third-order valence-corrected chi connectivity index (χ3v) is 5.94. The Hall–Kier alpha value is -3.23. The van der Waals surface area contributed by atoms with Gasteiger partial charge in [-0.1, -0.05) is 18.2 Å². The van der Waals surface area contributed by atoms with Gasteiger partial charge in [0.2, 0.25) is 0 Å². The molecule has 2 amide bonds. The van der Waals surface area contributed by atoms with E-state index in [-0.39, 0.29) is 11.7 Å². The van der Waals surface area contributed by atoms with Gasteiger partial charge in [-0.25, -0.2) is 9.87 Å². The molecule has 1 spiro atoms. The second-order valence-corrected chi connectivity index (χ2v) is 7.88. The average molecular weight is 425 g/mol. The van der Waals surface area contributed by atoms with Gasteiger partial charge < -0.3 is 9.64 Å². The first-order chi connectivity index (χ1) is 14.9. The van der Waals surface area contributed by atoms with Crippen LogP contribution in [0.2, 0.25) is 0 Å². The summed E-state index contributed by atoms with van der Waals surface area (Å²) in [6, 6.07) is 11.7. The standard InChI is InChI=1S/C23H24FN3O4/c1-26-22(29)19-14-16(5-9-21(28)25-30)4-8-20(19)31-23(26)10-12-27(13-11-23)15-17-2-6-18(24)7-3-17/h2-9,14,30H,10-13,15H2,1H3,(H,25,28)/b9-5+. The fraction of sp³-hybridized carbons (Fsp3) is 0.304. The van der Waals surface area contributed by atoms with Crippen molar-refractivity contribution in [3.8, 4) is 5.75 Å². The van der Waals surface area contributed by atoms with Gasteiger partial charge in [0.15, 0.2) is 5.72 Å². The van der Waals surface area contributed by atoms with Crippen molar-refractivity contribution >= 4 is 17.9 Å². The van der Waals surface area contributed by atoms with Crippen LogP contribution in [0.1, 0.15) is 34.3 Å². The Balaban J connectivity index is 1.47. The molecule has 0 aliphatic carbocycles. The van der Waals surface area contributed by atoms with E-state index in [1.165, 1.54) is 29.8 Å². The Labute approximate surface area is 179 Å². The number of carbonyl (C=O) groups excluding carboxylic acids is 2. The van der Waals surface area contributed by atoms with E-state index in [9.17, 15) is 14.0 Å². The molecule has 1 saturated heterocycles. The molecule has 2 heterocycles. The molecule has 31 heavy (non-hydrogen) atoms. The van der Waals surface area contributed by atoms with E-state index in [1.54, 1.807) is 42.3 Å². The van der Waals surface area contributed by atoms with Crippen LogP contribution in [-0.2, 0) is 11.3 Å². The summed E-state index contributed by atoms with van der Waals surface area (Å²) < 4.78 is 19.5. The minimum atomic E-state index is -0.697. The molecule has 4 rings (SSSR count). The van der Waals surface area contributed by atoms with Crippen LogP contribution in [0.5, 0.6) is 5.75 Å². The number of nitrogens with one attached hydrogen (secondary N) is 1. The molecule has 162 valence electrons. The summed E-state index contributed by atoms with van der Waals surface area (Å²) in [4.78, 5) is 28.2. The molecular formula is C23H24FN3O4. The quantitative estimate of drug-likeness (QED) is 0.447.